The van der Waals surface area contributed by atoms with Gasteiger partial charge >= 0.3 is 0 Å². The molecule has 0 N–H and O–H groups in total. The summed E-state index contributed by atoms with van der Waals surface area (Å²) in [5.74, 6) is 1.24. The van der Waals surface area contributed by atoms with Gasteiger partial charge in [0.15, 0.2) is 0 Å². The van der Waals surface area contributed by atoms with Gasteiger partial charge < -0.3 is 14.2 Å². The monoisotopic (exact) mass is 372 g/mol. The van der Waals surface area contributed by atoms with E-state index in [1.165, 1.54) is 6.33 Å². The Labute approximate surface area is 157 Å². The van der Waals surface area contributed by atoms with Crippen LogP contribution in [0.2, 0.25) is 0 Å². The average molecular weight is 372 g/mol. The third kappa shape index (κ3) is 3.98. The fourth-order valence-electron chi connectivity index (χ4n) is 3.55. The van der Waals surface area contributed by atoms with Crippen LogP contribution in [-0.2, 0) is 16.0 Å². The fraction of sp³-hybridized carbons (Fsp3) is 0.611. The minimum Gasteiger partial charge on any atom is -0.369 e. The lowest BCUT2D eigenvalue weighted by atomic mass is 10.1. The van der Waals surface area contributed by atoms with Crippen LogP contribution in [0.15, 0.2) is 17.0 Å². The lowest BCUT2D eigenvalue weighted by Crippen LogP contribution is -2.45. The molecular formula is C18H24N6O3. The van der Waals surface area contributed by atoms with Crippen LogP contribution in [0.4, 0.5) is 0 Å². The molecule has 1 amide bonds. The van der Waals surface area contributed by atoms with Gasteiger partial charge in [-0.25, -0.2) is 9.97 Å². The summed E-state index contributed by atoms with van der Waals surface area (Å²) >= 11 is 0. The maximum atomic E-state index is 12.5. The first-order valence-corrected chi connectivity index (χ1v) is 9.49. The number of hydrogen-bond donors (Lipinski definition) is 0. The van der Waals surface area contributed by atoms with Gasteiger partial charge in [0, 0.05) is 38.8 Å². The van der Waals surface area contributed by atoms with Crippen molar-refractivity contribution in [2.24, 2.45) is 0 Å². The van der Waals surface area contributed by atoms with Crippen LogP contribution >= 0.6 is 0 Å². The highest BCUT2D eigenvalue weighted by Crippen LogP contribution is 2.28. The van der Waals surface area contributed by atoms with E-state index in [9.17, 15) is 4.79 Å². The summed E-state index contributed by atoms with van der Waals surface area (Å²) < 4.78 is 11.2. The number of likely N-dealkylation sites (tertiary alicyclic amines) is 1. The van der Waals surface area contributed by atoms with Gasteiger partial charge in [0.1, 0.15) is 12.4 Å². The van der Waals surface area contributed by atoms with Gasteiger partial charge in [-0.3, -0.25) is 9.69 Å². The van der Waals surface area contributed by atoms with E-state index in [2.05, 4.69) is 25.0 Å². The van der Waals surface area contributed by atoms with Crippen LogP contribution in [-0.4, -0.2) is 75.1 Å². The van der Waals surface area contributed by atoms with E-state index in [1.807, 2.05) is 11.8 Å². The van der Waals surface area contributed by atoms with Crippen molar-refractivity contribution in [3.63, 3.8) is 0 Å². The predicted octanol–water partition coefficient (Wildman–Crippen LogP) is 1.08. The third-order valence-electron chi connectivity index (χ3n) is 5.03. The molecule has 9 nitrogen and oxygen atoms in total. The molecule has 2 aliphatic rings. The summed E-state index contributed by atoms with van der Waals surface area (Å²) in [6.45, 7) is 6.01. The predicted molar refractivity (Wildman–Crippen MR) is 95.6 cm³/mol. The zero-order chi connectivity index (χ0) is 18.6. The van der Waals surface area contributed by atoms with Crippen LogP contribution in [0.25, 0.3) is 11.4 Å². The van der Waals surface area contributed by atoms with Crippen LogP contribution in [0, 0.1) is 0 Å². The number of morpholine rings is 1. The Hall–Kier alpha value is -2.39. The number of rotatable bonds is 5. The maximum absolute atomic E-state index is 12.5. The molecule has 0 spiro atoms. The van der Waals surface area contributed by atoms with Crippen LogP contribution < -0.4 is 0 Å². The van der Waals surface area contributed by atoms with Crippen LogP contribution in [0.3, 0.4) is 0 Å². The standard InChI is InChI=1S/C18H24N6O3/c1-2-15-21-18(22-27-15)13-9-19-12-20-17(13)14-10-23(7-8-26-14)11-16(25)24-5-3-4-6-24/h9,12,14H,2-8,10-11H2,1H3. The molecule has 0 aliphatic carbocycles. The average Bonchev–Trinajstić information content (AvgIpc) is 3.40. The van der Waals surface area contributed by atoms with E-state index in [0.29, 0.717) is 43.4 Å². The number of hydrogen-bond acceptors (Lipinski definition) is 8. The lowest BCUT2D eigenvalue weighted by Gasteiger charge is -2.33. The highest BCUT2D eigenvalue weighted by atomic mass is 16.5. The Bertz CT molecular complexity index is 789. The Morgan fingerprint density at radius 1 is 1.30 bits per heavy atom. The van der Waals surface area contributed by atoms with E-state index >= 15 is 0 Å². The molecule has 1 atom stereocenters. The molecule has 2 fully saturated rings. The van der Waals surface area contributed by atoms with E-state index in [0.717, 1.165) is 38.2 Å². The van der Waals surface area contributed by atoms with Crippen molar-refractivity contribution in [2.75, 3.05) is 39.3 Å². The molecule has 27 heavy (non-hydrogen) atoms. The first-order chi connectivity index (χ1) is 13.2. The number of carbonyl (C=O) groups is 1. The minimum atomic E-state index is -0.258. The highest BCUT2D eigenvalue weighted by Gasteiger charge is 2.29. The largest absolute Gasteiger partial charge is 0.369 e. The molecule has 9 heteroatoms. The number of aromatic nitrogens is 4. The summed E-state index contributed by atoms with van der Waals surface area (Å²) in [4.78, 5) is 29.5. The maximum Gasteiger partial charge on any atom is 0.236 e. The normalized spacial score (nSPS) is 20.9. The van der Waals surface area contributed by atoms with Crippen molar-refractivity contribution in [1.29, 1.82) is 0 Å². The Morgan fingerprint density at radius 2 is 2.15 bits per heavy atom. The van der Waals surface area contributed by atoms with E-state index in [4.69, 9.17) is 9.26 Å². The van der Waals surface area contributed by atoms with Gasteiger partial charge in [-0.2, -0.15) is 4.98 Å². The number of aryl methyl sites for hydroxylation is 1. The van der Waals surface area contributed by atoms with Crippen molar-refractivity contribution in [1.82, 2.24) is 29.9 Å². The summed E-state index contributed by atoms with van der Waals surface area (Å²) in [6, 6.07) is 0. The summed E-state index contributed by atoms with van der Waals surface area (Å²) in [6.07, 6.45) is 5.80. The van der Waals surface area contributed by atoms with Gasteiger partial charge in [-0.1, -0.05) is 12.1 Å². The molecule has 1 unspecified atom stereocenters. The molecule has 0 bridgehead atoms. The van der Waals surface area contributed by atoms with Gasteiger partial charge in [0.05, 0.1) is 24.4 Å². The first kappa shape index (κ1) is 18.0. The topological polar surface area (TPSA) is 97.5 Å². The second kappa shape index (κ2) is 8.10. The van der Waals surface area contributed by atoms with Crippen molar-refractivity contribution in [3.05, 3.63) is 24.1 Å². The van der Waals surface area contributed by atoms with Crippen LogP contribution in [0.1, 0.15) is 37.5 Å². The fourth-order valence-corrected chi connectivity index (χ4v) is 3.55. The summed E-state index contributed by atoms with van der Waals surface area (Å²) in [5.41, 5.74) is 1.44. The second-order valence-corrected chi connectivity index (χ2v) is 6.87. The highest BCUT2D eigenvalue weighted by molar-refractivity contribution is 5.78. The molecule has 4 rings (SSSR count). The Kier molecular flexibility index (Phi) is 5.40. The van der Waals surface area contributed by atoms with E-state index in [1.54, 1.807) is 6.20 Å². The van der Waals surface area contributed by atoms with E-state index in [-0.39, 0.29) is 12.0 Å². The molecule has 4 heterocycles. The number of amides is 1. The van der Waals surface area contributed by atoms with Gasteiger partial charge in [0.2, 0.25) is 17.6 Å². The van der Waals surface area contributed by atoms with E-state index < -0.39 is 0 Å². The van der Waals surface area contributed by atoms with Crippen molar-refractivity contribution in [3.8, 4) is 11.4 Å². The SMILES string of the molecule is CCc1nc(-c2cncnc2C2CN(CC(=O)N3CCCC3)CCO2)no1. The number of nitrogens with zero attached hydrogens (tertiary/aromatic N) is 6. The zero-order valence-corrected chi connectivity index (χ0v) is 15.5. The van der Waals surface area contributed by atoms with Gasteiger partial charge in [-0.05, 0) is 12.8 Å². The Balaban J connectivity index is 1.49. The van der Waals surface area contributed by atoms with Gasteiger partial charge in [0.25, 0.3) is 0 Å². The lowest BCUT2D eigenvalue weighted by molar-refractivity contribution is -0.133. The number of ether oxygens (including phenoxy) is 1. The first-order valence-electron chi connectivity index (χ1n) is 9.49. The van der Waals surface area contributed by atoms with Crippen LogP contribution in [0.5, 0.6) is 0 Å². The quantitative estimate of drug-likeness (QED) is 0.769. The van der Waals surface area contributed by atoms with Gasteiger partial charge in [-0.15, -0.1) is 0 Å². The molecule has 0 saturated carbocycles. The third-order valence-corrected chi connectivity index (χ3v) is 5.03. The van der Waals surface area contributed by atoms with Crippen molar-refractivity contribution < 1.29 is 14.1 Å². The Morgan fingerprint density at radius 3 is 2.93 bits per heavy atom. The molecule has 2 saturated heterocycles. The number of carbonyl (C=O) groups excluding carboxylic acids is 1. The smallest absolute Gasteiger partial charge is 0.236 e. The molecule has 0 aromatic carbocycles. The molecule has 0 radical (unpaired) electrons. The second-order valence-electron chi connectivity index (χ2n) is 6.87. The van der Waals surface area contributed by atoms with Crippen molar-refractivity contribution in [2.45, 2.75) is 32.3 Å². The van der Waals surface area contributed by atoms with Crippen molar-refractivity contribution >= 4 is 5.91 Å². The summed E-state index contributed by atoms with van der Waals surface area (Å²) in [5, 5.41) is 4.04. The summed E-state index contributed by atoms with van der Waals surface area (Å²) in [7, 11) is 0. The molecule has 2 aromatic rings. The minimum absolute atomic E-state index is 0.196. The molecule has 144 valence electrons. The zero-order valence-electron chi connectivity index (χ0n) is 15.5. The molecule has 2 aromatic heterocycles. The molecule has 2 aliphatic heterocycles. The molecular weight excluding hydrogens is 348 g/mol.